The molecule has 1 heterocycles. The third kappa shape index (κ3) is 44.2. The molecule has 1 aliphatic heterocycles. The fourth-order valence-electron chi connectivity index (χ4n) is 0.510. The van der Waals surface area contributed by atoms with Crippen molar-refractivity contribution in [2.75, 3.05) is 27.3 Å². The molecule has 15 heavy (non-hydrogen) atoms. The van der Waals surface area contributed by atoms with Gasteiger partial charge in [-0.05, 0) is 12.8 Å². The molecule has 1 rings (SSSR count). The van der Waals surface area contributed by atoms with Crippen molar-refractivity contribution in [3.63, 3.8) is 0 Å². The topological polar surface area (TPSA) is 102 Å². The molecule has 6 nitrogen and oxygen atoms in total. The third-order valence-electron chi connectivity index (χ3n) is 1.04. The number of rotatable bonds is 1. The van der Waals surface area contributed by atoms with Crippen molar-refractivity contribution in [2.24, 2.45) is 0 Å². The number of amides is 1. The molecular formula is C9H22N2O4. The second-order valence-electron chi connectivity index (χ2n) is 2.91. The SMILES string of the molecule is C1CCOC1.CC(=O)O.CN(C)C=O.N. The molecule has 0 aromatic rings. The van der Waals surface area contributed by atoms with Crippen molar-refractivity contribution in [2.45, 2.75) is 19.8 Å². The molecule has 0 spiro atoms. The fourth-order valence-corrected chi connectivity index (χ4v) is 0.510. The monoisotopic (exact) mass is 222 g/mol. The Morgan fingerprint density at radius 3 is 1.67 bits per heavy atom. The number of carboxylic acids is 1. The number of carbonyl (C=O) groups excluding carboxylic acids is 1. The van der Waals surface area contributed by atoms with Gasteiger partial charge in [-0.2, -0.15) is 0 Å². The first-order valence-corrected chi connectivity index (χ1v) is 4.39. The van der Waals surface area contributed by atoms with Gasteiger partial charge in [0.25, 0.3) is 5.97 Å². The Labute approximate surface area is 90.8 Å². The molecule has 0 saturated carbocycles. The largest absolute Gasteiger partial charge is 0.481 e. The minimum absolute atomic E-state index is 0. The Morgan fingerprint density at radius 1 is 1.33 bits per heavy atom. The van der Waals surface area contributed by atoms with Crippen LogP contribution in [0.2, 0.25) is 0 Å². The van der Waals surface area contributed by atoms with E-state index in [1.807, 2.05) is 0 Å². The van der Waals surface area contributed by atoms with Gasteiger partial charge in [-0.3, -0.25) is 9.59 Å². The number of hydrogen-bond acceptors (Lipinski definition) is 4. The second kappa shape index (κ2) is 15.3. The molecule has 0 aliphatic carbocycles. The van der Waals surface area contributed by atoms with Crippen molar-refractivity contribution in [3.8, 4) is 0 Å². The Morgan fingerprint density at radius 2 is 1.60 bits per heavy atom. The van der Waals surface area contributed by atoms with Crippen LogP contribution in [0, 0.1) is 0 Å². The summed E-state index contributed by atoms with van der Waals surface area (Å²) in [4.78, 5) is 19.9. The summed E-state index contributed by atoms with van der Waals surface area (Å²) in [7, 11) is 3.38. The molecule has 6 heteroatoms. The van der Waals surface area contributed by atoms with Gasteiger partial charge in [0, 0.05) is 34.2 Å². The Kier molecular flexibility index (Phi) is 19.9. The maximum atomic E-state index is 9.43. The summed E-state index contributed by atoms with van der Waals surface area (Å²) in [5.74, 6) is -0.833. The predicted octanol–water partition coefficient (Wildman–Crippen LogP) is 0.754. The summed E-state index contributed by atoms with van der Waals surface area (Å²) >= 11 is 0. The quantitative estimate of drug-likeness (QED) is 0.637. The van der Waals surface area contributed by atoms with E-state index in [4.69, 9.17) is 14.6 Å². The molecule has 4 N–H and O–H groups in total. The summed E-state index contributed by atoms with van der Waals surface area (Å²) in [6.07, 6.45) is 3.31. The first kappa shape index (κ1) is 19.4. The minimum Gasteiger partial charge on any atom is -0.481 e. The van der Waals surface area contributed by atoms with E-state index >= 15 is 0 Å². The maximum absolute atomic E-state index is 9.43. The molecule has 1 amide bonds. The van der Waals surface area contributed by atoms with Crippen LogP contribution in [0.25, 0.3) is 0 Å². The fraction of sp³-hybridized carbons (Fsp3) is 0.778. The van der Waals surface area contributed by atoms with Crippen molar-refractivity contribution in [3.05, 3.63) is 0 Å². The van der Waals surface area contributed by atoms with E-state index in [0.29, 0.717) is 0 Å². The number of nitrogens with zero attached hydrogens (tertiary/aromatic N) is 1. The van der Waals surface area contributed by atoms with Crippen molar-refractivity contribution in [1.82, 2.24) is 11.1 Å². The van der Waals surface area contributed by atoms with E-state index < -0.39 is 5.97 Å². The van der Waals surface area contributed by atoms with Crippen LogP contribution in [0.1, 0.15) is 19.8 Å². The molecule has 1 saturated heterocycles. The van der Waals surface area contributed by atoms with Gasteiger partial charge in [-0.25, -0.2) is 0 Å². The third-order valence-corrected chi connectivity index (χ3v) is 1.04. The van der Waals surface area contributed by atoms with Crippen LogP contribution in [0.3, 0.4) is 0 Å². The van der Waals surface area contributed by atoms with Crippen LogP contribution in [-0.4, -0.2) is 49.7 Å². The van der Waals surface area contributed by atoms with E-state index in [1.54, 1.807) is 14.1 Å². The first-order valence-electron chi connectivity index (χ1n) is 4.39. The molecule has 92 valence electrons. The first-order chi connectivity index (χ1) is 6.50. The zero-order valence-corrected chi connectivity index (χ0v) is 9.73. The maximum Gasteiger partial charge on any atom is 0.300 e. The van der Waals surface area contributed by atoms with Gasteiger partial charge in [0.15, 0.2) is 0 Å². The lowest BCUT2D eigenvalue weighted by atomic mass is 10.4. The molecule has 0 bridgehead atoms. The average molecular weight is 222 g/mol. The zero-order chi connectivity index (χ0) is 11.4. The van der Waals surface area contributed by atoms with Gasteiger partial charge in [0.2, 0.25) is 6.41 Å². The van der Waals surface area contributed by atoms with Crippen LogP contribution in [0.15, 0.2) is 0 Å². The molecular weight excluding hydrogens is 200 g/mol. The molecule has 0 aromatic carbocycles. The molecule has 1 fully saturated rings. The van der Waals surface area contributed by atoms with E-state index in [1.165, 1.54) is 17.7 Å². The van der Waals surface area contributed by atoms with Crippen LogP contribution >= 0.6 is 0 Å². The Bertz CT molecular complexity index is 135. The lowest BCUT2D eigenvalue weighted by molar-refractivity contribution is -0.134. The lowest BCUT2D eigenvalue weighted by Gasteiger charge is -1.93. The van der Waals surface area contributed by atoms with Crippen molar-refractivity contribution >= 4 is 12.4 Å². The summed E-state index contributed by atoms with van der Waals surface area (Å²) in [6.45, 7) is 3.08. The van der Waals surface area contributed by atoms with Gasteiger partial charge >= 0.3 is 0 Å². The summed E-state index contributed by atoms with van der Waals surface area (Å²) in [6, 6.07) is 0. The number of aliphatic carboxylic acids is 1. The van der Waals surface area contributed by atoms with Crippen molar-refractivity contribution in [1.29, 1.82) is 0 Å². The molecule has 0 unspecified atom stereocenters. The van der Waals surface area contributed by atoms with Crippen LogP contribution in [-0.2, 0) is 14.3 Å². The van der Waals surface area contributed by atoms with Crippen LogP contribution in [0.5, 0.6) is 0 Å². The molecule has 0 aromatic heterocycles. The van der Waals surface area contributed by atoms with Gasteiger partial charge in [0.05, 0.1) is 0 Å². The van der Waals surface area contributed by atoms with Crippen LogP contribution in [0.4, 0.5) is 0 Å². The highest BCUT2D eigenvalue weighted by Crippen LogP contribution is 1.98. The average Bonchev–Trinajstić information content (AvgIpc) is 2.59. The van der Waals surface area contributed by atoms with Gasteiger partial charge in [-0.1, -0.05) is 0 Å². The highest BCUT2D eigenvalue weighted by molar-refractivity contribution is 5.62. The highest BCUT2D eigenvalue weighted by Gasteiger charge is 1.94. The number of carbonyl (C=O) groups is 2. The predicted molar refractivity (Wildman–Crippen MR) is 58.1 cm³/mol. The van der Waals surface area contributed by atoms with E-state index in [-0.39, 0.29) is 6.15 Å². The van der Waals surface area contributed by atoms with Gasteiger partial charge < -0.3 is 20.9 Å². The number of ether oxygens (including phenoxy) is 1. The van der Waals surface area contributed by atoms with E-state index in [0.717, 1.165) is 26.5 Å². The molecule has 0 radical (unpaired) electrons. The van der Waals surface area contributed by atoms with Crippen LogP contribution < -0.4 is 6.15 Å². The summed E-state index contributed by atoms with van der Waals surface area (Å²) in [5, 5.41) is 7.42. The van der Waals surface area contributed by atoms with Crippen molar-refractivity contribution < 1.29 is 19.4 Å². The number of carboxylic acid groups (broad SMARTS) is 1. The number of hydrogen-bond donors (Lipinski definition) is 2. The van der Waals surface area contributed by atoms with Gasteiger partial charge in [-0.15, -0.1) is 0 Å². The minimum atomic E-state index is -0.833. The highest BCUT2D eigenvalue weighted by atomic mass is 16.5. The van der Waals surface area contributed by atoms with E-state index in [2.05, 4.69) is 0 Å². The van der Waals surface area contributed by atoms with Gasteiger partial charge in [0.1, 0.15) is 0 Å². The molecule has 1 aliphatic rings. The molecule has 0 atom stereocenters. The van der Waals surface area contributed by atoms with E-state index in [9.17, 15) is 4.79 Å². The summed E-state index contributed by atoms with van der Waals surface area (Å²) in [5.41, 5.74) is 0. The summed E-state index contributed by atoms with van der Waals surface area (Å²) < 4.78 is 4.94. The second-order valence-corrected chi connectivity index (χ2v) is 2.91. The lowest BCUT2D eigenvalue weighted by Crippen LogP contribution is -2.06. The smallest absolute Gasteiger partial charge is 0.300 e. The normalized spacial score (nSPS) is 11.9. The zero-order valence-electron chi connectivity index (χ0n) is 9.73. The Hall–Kier alpha value is -1.14. The Balaban J connectivity index is -0.000000141. The standard InChI is InChI=1S/C4H8O.C3H7NO.C2H4O2.H3N/c1-2-4-5-3-1;1-4(2)3-5;1-2(3)4;/h1-4H2;3H,1-2H3;1H3,(H,3,4);1H3.